The summed E-state index contributed by atoms with van der Waals surface area (Å²) in [5.41, 5.74) is 7.23. The van der Waals surface area contributed by atoms with Gasteiger partial charge in [0.05, 0.1) is 11.4 Å². The minimum absolute atomic E-state index is 0.278. The molecule has 0 radical (unpaired) electrons. The Hall–Kier alpha value is -1.33. The quantitative estimate of drug-likeness (QED) is 0.747. The van der Waals surface area contributed by atoms with E-state index in [0.717, 1.165) is 37.5 Å². The fourth-order valence-electron chi connectivity index (χ4n) is 3.57. The van der Waals surface area contributed by atoms with Crippen LogP contribution in [0.25, 0.3) is 0 Å². The zero-order valence-electron chi connectivity index (χ0n) is 13.2. The Labute approximate surface area is 132 Å². The molecule has 22 heavy (non-hydrogen) atoms. The van der Waals surface area contributed by atoms with Crippen molar-refractivity contribution in [3.05, 3.63) is 24.0 Å². The number of nitrogens with two attached hydrogens (primary N) is 1. The van der Waals surface area contributed by atoms with Crippen molar-refractivity contribution in [3.8, 4) is 0 Å². The summed E-state index contributed by atoms with van der Waals surface area (Å²) >= 11 is 0. The molecule has 2 fully saturated rings. The highest BCUT2D eigenvalue weighted by atomic mass is 19.1. The summed E-state index contributed by atoms with van der Waals surface area (Å²) in [7, 11) is 0. The molecule has 0 aliphatic carbocycles. The van der Waals surface area contributed by atoms with Crippen LogP contribution in [-0.2, 0) is 0 Å². The van der Waals surface area contributed by atoms with Gasteiger partial charge < -0.3 is 21.3 Å². The Balaban J connectivity index is 1.45. The monoisotopic (exact) mass is 306 g/mol. The van der Waals surface area contributed by atoms with Gasteiger partial charge in [0.2, 0.25) is 0 Å². The van der Waals surface area contributed by atoms with E-state index in [1.54, 1.807) is 6.07 Å². The first kappa shape index (κ1) is 15.6. The zero-order chi connectivity index (χ0) is 15.4. The van der Waals surface area contributed by atoms with Crippen molar-refractivity contribution in [1.82, 2.24) is 10.2 Å². The number of hydrogen-bond donors (Lipinski definition) is 3. The van der Waals surface area contributed by atoms with Gasteiger partial charge in [-0.1, -0.05) is 0 Å². The molecular weight excluding hydrogens is 279 g/mol. The lowest BCUT2D eigenvalue weighted by atomic mass is 9.96. The number of nitrogens with one attached hydrogen (secondary N) is 2. The van der Waals surface area contributed by atoms with Gasteiger partial charge in [0.1, 0.15) is 5.82 Å². The molecule has 4 N–H and O–H groups in total. The molecule has 0 aromatic heterocycles. The smallest absolute Gasteiger partial charge is 0.125 e. The molecule has 0 atom stereocenters. The third-order valence-corrected chi connectivity index (χ3v) is 4.94. The topological polar surface area (TPSA) is 53.3 Å². The Morgan fingerprint density at radius 1 is 1.18 bits per heavy atom. The third-order valence-electron chi connectivity index (χ3n) is 4.94. The Kier molecular flexibility index (Phi) is 5.16. The molecule has 1 aromatic rings. The van der Waals surface area contributed by atoms with Crippen molar-refractivity contribution in [3.63, 3.8) is 0 Å². The Morgan fingerprint density at radius 3 is 2.59 bits per heavy atom. The molecule has 0 bridgehead atoms. The van der Waals surface area contributed by atoms with Gasteiger partial charge in [0.15, 0.2) is 0 Å². The van der Waals surface area contributed by atoms with E-state index in [4.69, 9.17) is 5.73 Å². The number of anilines is 2. The summed E-state index contributed by atoms with van der Waals surface area (Å²) in [6.07, 6.45) is 4.87. The SMILES string of the molecule is Nc1cc(F)ccc1NC1CCN(CC2CCNCC2)CC1. The van der Waals surface area contributed by atoms with E-state index >= 15 is 0 Å². The number of rotatable bonds is 4. The fourth-order valence-corrected chi connectivity index (χ4v) is 3.57. The lowest BCUT2D eigenvalue weighted by molar-refractivity contribution is 0.171. The maximum atomic E-state index is 13.1. The van der Waals surface area contributed by atoms with Crippen LogP contribution >= 0.6 is 0 Å². The van der Waals surface area contributed by atoms with Crippen LogP contribution in [0.2, 0.25) is 0 Å². The summed E-state index contributed by atoms with van der Waals surface area (Å²) < 4.78 is 13.1. The van der Waals surface area contributed by atoms with Crippen LogP contribution in [0.15, 0.2) is 18.2 Å². The molecule has 3 rings (SSSR count). The van der Waals surface area contributed by atoms with E-state index in [1.165, 1.54) is 44.6 Å². The van der Waals surface area contributed by atoms with Crippen molar-refractivity contribution in [1.29, 1.82) is 0 Å². The lowest BCUT2D eigenvalue weighted by Crippen LogP contribution is -2.43. The Morgan fingerprint density at radius 2 is 1.91 bits per heavy atom. The van der Waals surface area contributed by atoms with Crippen LogP contribution in [0.1, 0.15) is 25.7 Å². The summed E-state index contributed by atoms with van der Waals surface area (Å²) in [5.74, 6) is 0.582. The predicted molar refractivity (Wildman–Crippen MR) is 89.5 cm³/mol. The number of benzene rings is 1. The first-order chi connectivity index (χ1) is 10.7. The third kappa shape index (κ3) is 4.11. The molecule has 0 unspecified atom stereocenters. The molecule has 2 aliphatic rings. The molecule has 0 amide bonds. The second-order valence-corrected chi connectivity index (χ2v) is 6.64. The summed E-state index contributed by atoms with van der Waals surface area (Å²) in [6, 6.07) is 5.03. The van der Waals surface area contributed by atoms with E-state index < -0.39 is 0 Å². The minimum atomic E-state index is -0.278. The van der Waals surface area contributed by atoms with Crippen LogP contribution in [-0.4, -0.2) is 43.7 Å². The highest BCUT2D eigenvalue weighted by Gasteiger charge is 2.22. The number of likely N-dealkylation sites (tertiary alicyclic amines) is 1. The standard InChI is InChI=1S/C17H27FN4/c18-14-1-2-17(16(19)11-14)21-15-5-9-22(10-6-15)12-13-3-7-20-8-4-13/h1-2,11,13,15,20-21H,3-10,12,19H2. The average molecular weight is 306 g/mol. The van der Waals surface area contributed by atoms with Gasteiger partial charge in [-0.25, -0.2) is 4.39 Å². The molecule has 122 valence electrons. The van der Waals surface area contributed by atoms with Crippen molar-refractivity contribution in [2.75, 3.05) is 43.8 Å². The maximum Gasteiger partial charge on any atom is 0.125 e. The average Bonchev–Trinajstić information content (AvgIpc) is 2.53. The van der Waals surface area contributed by atoms with Gasteiger partial charge in [-0.05, 0) is 62.9 Å². The highest BCUT2D eigenvalue weighted by Crippen LogP contribution is 2.24. The number of nitrogens with zero attached hydrogens (tertiary/aromatic N) is 1. The maximum absolute atomic E-state index is 13.1. The van der Waals surface area contributed by atoms with Crippen molar-refractivity contribution >= 4 is 11.4 Å². The molecule has 2 heterocycles. The van der Waals surface area contributed by atoms with E-state index in [1.807, 2.05) is 0 Å². The molecular formula is C17H27FN4. The van der Waals surface area contributed by atoms with E-state index in [0.29, 0.717) is 11.7 Å². The molecule has 1 aromatic carbocycles. The van der Waals surface area contributed by atoms with Gasteiger partial charge in [0.25, 0.3) is 0 Å². The van der Waals surface area contributed by atoms with Gasteiger partial charge in [-0.15, -0.1) is 0 Å². The largest absolute Gasteiger partial charge is 0.397 e. The second kappa shape index (κ2) is 7.29. The van der Waals surface area contributed by atoms with E-state index in [9.17, 15) is 4.39 Å². The lowest BCUT2D eigenvalue weighted by Gasteiger charge is -2.36. The molecule has 2 aliphatic heterocycles. The molecule has 2 saturated heterocycles. The van der Waals surface area contributed by atoms with Gasteiger partial charge in [-0.2, -0.15) is 0 Å². The number of nitrogen functional groups attached to an aromatic ring is 1. The van der Waals surface area contributed by atoms with Gasteiger partial charge in [-0.3, -0.25) is 0 Å². The van der Waals surface area contributed by atoms with Crippen LogP contribution in [0.4, 0.5) is 15.8 Å². The molecule has 0 saturated carbocycles. The first-order valence-corrected chi connectivity index (χ1v) is 8.45. The number of piperidine rings is 2. The predicted octanol–water partition coefficient (Wildman–Crippen LogP) is 2.28. The van der Waals surface area contributed by atoms with E-state index in [2.05, 4.69) is 15.5 Å². The van der Waals surface area contributed by atoms with Gasteiger partial charge >= 0.3 is 0 Å². The van der Waals surface area contributed by atoms with Crippen LogP contribution in [0, 0.1) is 11.7 Å². The normalized spacial score (nSPS) is 21.9. The second-order valence-electron chi connectivity index (χ2n) is 6.64. The van der Waals surface area contributed by atoms with Crippen LogP contribution < -0.4 is 16.4 Å². The molecule has 5 heteroatoms. The number of hydrogen-bond acceptors (Lipinski definition) is 4. The molecule has 0 spiro atoms. The summed E-state index contributed by atoms with van der Waals surface area (Å²) in [6.45, 7) is 5.87. The van der Waals surface area contributed by atoms with Gasteiger partial charge in [0, 0.05) is 25.7 Å². The van der Waals surface area contributed by atoms with Crippen LogP contribution in [0.5, 0.6) is 0 Å². The Bertz CT molecular complexity index is 480. The van der Waals surface area contributed by atoms with Crippen molar-refractivity contribution in [2.24, 2.45) is 5.92 Å². The van der Waals surface area contributed by atoms with Crippen LogP contribution in [0.3, 0.4) is 0 Å². The summed E-state index contributed by atoms with van der Waals surface area (Å²) in [4.78, 5) is 2.60. The zero-order valence-corrected chi connectivity index (χ0v) is 13.2. The fraction of sp³-hybridized carbons (Fsp3) is 0.647. The first-order valence-electron chi connectivity index (χ1n) is 8.45. The summed E-state index contributed by atoms with van der Waals surface area (Å²) in [5, 5.41) is 6.90. The van der Waals surface area contributed by atoms with E-state index in [-0.39, 0.29) is 5.82 Å². The highest BCUT2D eigenvalue weighted by molar-refractivity contribution is 5.66. The molecule has 4 nitrogen and oxygen atoms in total. The van der Waals surface area contributed by atoms with Crippen molar-refractivity contribution < 1.29 is 4.39 Å². The number of halogens is 1. The minimum Gasteiger partial charge on any atom is -0.397 e. The van der Waals surface area contributed by atoms with Crippen molar-refractivity contribution in [2.45, 2.75) is 31.7 Å².